The third-order valence-corrected chi connectivity index (χ3v) is 4.96. The van der Waals surface area contributed by atoms with E-state index in [0.717, 1.165) is 0 Å². The Morgan fingerprint density at radius 3 is 2.53 bits per heavy atom. The van der Waals surface area contributed by atoms with E-state index in [9.17, 15) is 14.4 Å². The number of carbonyl (C=O) groups excluding carboxylic acids is 1. The first-order valence-electron chi connectivity index (χ1n) is 9.82. The second kappa shape index (κ2) is 11.1. The molecular weight excluding hydrogens is 475 g/mol. The van der Waals surface area contributed by atoms with Crippen LogP contribution in [0.25, 0.3) is 6.08 Å². The molecule has 0 aromatic heterocycles. The Labute approximate surface area is 194 Å². The van der Waals surface area contributed by atoms with Gasteiger partial charge in [0.05, 0.1) is 11.1 Å². The van der Waals surface area contributed by atoms with Crippen LogP contribution in [0, 0.1) is 17.1 Å². The molecule has 0 aliphatic rings. The van der Waals surface area contributed by atoms with Crippen LogP contribution in [0.3, 0.4) is 0 Å². The summed E-state index contributed by atoms with van der Waals surface area (Å²) in [6, 6.07) is 20.5. The van der Waals surface area contributed by atoms with Gasteiger partial charge >= 0.3 is 0 Å². The van der Waals surface area contributed by atoms with E-state index >= 15 is 0 Å². The van der Waals surface area contributed by atoms with E-state index in [4.69, 9.17) is 9.47 Å². The largest absolute Gasteiger partial charge is 0.490 e. The van der Waals surface area contributed by atoms with Gasteiger partial charge in [-0.05, 0) is 64.8 Å². The molecule has 162 valence electrons. The summed E-state index contributed by atoms with van der Waals surface area (Å²) in [5, 5.41) is 12.2. The average molecular weight is 495 g/mol. The van der Waals surface area contributed by atoms with Crippen molar-refractivity contribution < 1.29 is 18.7 Å². The van der Waals surface area contributed by atoms with Crippen LogP contribution >= 0.6 is 15.9 Å². The Kier molecular flexibility index (Phi) is 8.01. The van der Waals surface area contributed by atoms with Gasteiger partial charge in [0.1, 0.15) is 24.1 Å². The van der Waals surface area contributed by atoms with Gasteiger partial charge in [-0.1, -0.05) is 36.4 Å². The van der Waals surface area contributed by atoms with E-state index in [1.54, 1.807) is 54.6 Å². The molecule has 0 heterocycles. The fraction of sp³-hybridized carbons (Fsp3) is 0.120. The standard InChI is InChI=1S/C25H20BrFN2O3/c1-2-31-23-14-17(12-19(15-28)25(30)29-20-9-4-3-5-10-20)13-21(26)24(23)32-16-18-8-6-7-11-22(18)27/h3-14H,2,16H2,1H3,(H,29,30)/b19-12+. The van der Waals surface area contributed by atoms with Crippen LogP contribution in [-0.4, -0.2) is 12.5 Å². The first-order chi connectivity index (χ1) is 15.5. The number of nitrogens with one attached hydrogen (secondary N) is 1. The molecule has 0 radical (unpaired) electrons. The van der Waals surface area contributed by atoms with Crippen molar-refractivity contribution in [1.29, 1.82) is 5.26 Å². The molecule has 0 aliphatic carbocycles. The average Bonchev–Trinajstić information content (AvgIpc) is 2.79. The number of ether oxygens (including phenoxy) is 2. The number of anilines is 1. The molecule has 3 aromatic rings. The lowest BCUT2D eigenvalue weighted by molar-refractivity contribution is -0.112. The van der Waals surface area contributed by atoms with Gasteiger partial charge in [-0.3, -0.25) is 4.79 Å². The Morgan fingerprint density at radius 1 is 1.12 bits per heavy atom. The van der Waals surface area contributed by atoms with Crippen molar-refractivity contribution in [2.24, 2.45) is 0 Å². The predicted octanol–water partition coefficient (Wildman–Crippen LogP) is 6.11. The zero-order valence-electron chi connectivity index (χ0n) is 17.3. The second-order valence-electron chi connectivity index (χ2n) is 6.63. The van der Waals surface area contributed by atoms with Crippen LogP contribution in [0.2, 0.25) is 0 Å². The van der Waals surface area contributed by atoms with Gasteiger partial charge in [0.15, 0.2) is 11.5 Å². The van der Waals surface area contributed by atoms with E-state index in [-0.39, 0.29) is 18.0 Å². The van der Waals surface area contributed by atoms with Crippen molar-refractivity contribution in [2.45, 2.75) is 13.5 Å². The van der Waals surface area contributed by atoms with Gasteiger partial charge in [-0.25, -0.2) is 4.39 Å². The van der Waals surface area contributed by atoms with Crippen LogP contribution < -0.4 is 14.8 Å². The minimum atomic E-state index is -0.521. The summed E-state index contributed by atoms with van der Waals surface area (Å²) in [6.45, 7) is 2.21. The van der Waals surface area contributed by atoms with Crippen LogP contribution in [0.1, 0.15) is 18.1 Å². The maximum Gasteiger partial charge on any atom is 0.266 e. The molecule has 1 N–H and O–H groups in total. The summed E-state index contributed by atoms with van der Waals surface area (Å²) in [5.41, 5.74) is 1.50. The molecule has 1 amide bonds. The Morgan fingerprint density at radius 2 is 1.84 bits per heavy atom. The third-order valence-electron chi connectivity index (χ3n) is 4.37. The lowest BCUT2D eigenvalue weighted by Gasteiger charge is -2.15. The van der Waals surface area contributed by atoms with E-state index in [1.165, 1.54) is 12.1 Å². The molecule has 5 nitrogen and oxygen atoms in total. The first kappa shape index (κ1) is 23.0. The van der Waals surface area contributed by atoms with Crippen molar-refractivity contribution in [2.75, 3.05) is 11.9 Å². The Hall–Kier alpha value is -3.63. The van der Waals surface area contributed by atoms with E-state index in [0.29, 0.717) is 39.4 Å². The number of carbonyl (C=O) groups is 1. The number of halogens is 2. The SMILES string of the molecule is CCOc1cc(/C=C(\C#N)C(=O)Nc2ccccc2)cc(Br)c1OCc1ccccc1F. The van der Waals surface area contributed by atoms with E-state index in [2.05, 4.69) is 21.2 Å². The smallest absolute Gasteiger partial charge is 0.266 e. The third kappa shape index (κ3) is 5.96. The normalized spacial score (nSPS) is 10.9. The fourth-order valence-electron chi connectivity index (χ4n) is 2.87. The van der Waals surface area contributed by atoms with Crippen LogP contribution in [-0.2, 0) is 11.4 Å². The minimum Gasteiger partial charge on any atom is -0.490 e. The molecule has 0 aliphatic heterocycles. The van der Waals surface area contributed by atoms with Gasteiger partial charge in [0, 0.05) is 11.3 Å². The number of benzene rings is 3. The summed E-state index contributed by atoms with van der Waals surface area (Å²) in [4.78, 5) is 12.5. The van der Waals surface area contributed by atoms with Crippen molar-refractivity contribution in [3.63, 3.8) is 0 Å². The van der Waals surface area contributed by atoms with Crippen molar-refractivity contribution in [1.82, 2.24) is 0 Å². The van der Waals surface area contributed by atoms with Gasteiger partial charge in [-0.15, -0.1) is 0 Å². The molecule has 0 atom stereocenters. The summed E-state index contributed by atoms with van der Waals surface area (Å²) in [6.07, 6.45) is 1.46. The van der Waals surface area contributed by atoms with Crippen molar-refractivity contribution >= 4 is 33.6 Å². The topological polar surface area (TPSA) is 71.3 Å². The molecule has 32 heavy (non-hydrogen) atoms. The first-order valence-corrected chi connectivity index (χ1v) is 10.6. The number of amides is 1. The van der Waals surface area contributed by atoms with Gasteiger partial charge in [-0.2, -0.15) is 5.26 Å². The fourth-order valence-corrected chi connectivity index (χ4v) is 3.45. The molecule has 0 saturated carbocycles. The Bertz CT molecular complexity index is 1170. The highest BCUT2D eigenvalue weighted by molar-refractivity contribution is 9.10. The van der Waals surface area contributed by atoms with Crippen LogP contribution in [0.5, 0.6) is 11.5 Å². The molecule has 7 heteroatoms. The number of rotatable bonds is 8. The maximum atomic E-state index is 13.9. The summed E-state index contributed by atoms with van der Waals surface area (Å²) >= 11 is 3.45. The second-order valence-corrected chi connectivity index (χ2v) is 7.49. The molecule has 3 aromatic carbocycles. The molecule has 0 spiro atoms. The monoisotopic (exact) mass is 494 g/mol. The summed E-state index contributed by atoms with van der Waals surface area (Å²) < 4.78 is 26.0. The number of hydrogen-bond donors (Lipinski definition) is 1. The van der Waals surface area contributed by atoms with Crippen LogP contribution in [0.4, 0.5) is 10.1 Å². The lowest BCUT2D eigenvalue weighted by Crippen LogP contribution is -2.13. The van der Waals surface area contributed by atoms with Gasteiger partial charge in [0.2, 0.25) is 0 Å². The number of para-hydroxylation sites is 1. The van der Waals surface area contributed by atoms with Gasteiger partial charge < -0.3 is 14.8 Å². The van der Waals surface area contributed by atoms with Crippen LogP contribution in [0.15, 0.2) is 76.8 Å². The molecule has 3 rings (SSSR count). The number of nitrogens with zero attached hydrogens (tertiary/aromatic N) is 1. The van der Waals surface area contributed by atoms with Gasteiger partial charge in [0.25, 0.3) is 5.91 Å². The predicted molar refractivity (Wildman–Crippen MR) is 125 cm³/mol. The zero-order valence-corrected chi connectivity index (χ0v) is 18.9. The quantitative estimate of drug-likeness (QED) is 0.302. The zero-order chi connectivity index (χ0) is 22.9. The Balaban J connectivity index is 1.86. The molecular formula is C25H20BrFN2O3. The summed E-state index contributed by atoms with van der Waals surface area (Å²) in [5.74, 6) is -0.0680. The maximum absolute atomic E-state index is 13.9. The highest BCUT2D eigenvalue weighted by Gasteiger charge is 2.15. The lowest BCUT2D eigenvalue weighted by atomic mass is 10.1. The van der Waals surface area contributed by atoms with E-state index < -0.39 is 5.91 Å². The number of hydrogen-bond acceptors (Lipinski definition) is 4. The van der Waals surface area contributed by atoms with E-state index in [1.807, 2.05) is 19.1 Å². The molecule has 0 saturated heterocycles. The summed E-state index contributed by atoms with van der Waals surface area (Å²) in [7, 11) is 0. The highest BCUT2D eigenvalue weighted by atomic mass is 79.9. The number of nitriles is 1. The molecule has 0 bridgehead atoms. The highest BCUT2D eigenvalue weighted by Crippen LogP contribution is 2.38. The molecule has 0 unspecified atom stereocenters. The minimum absolute atomic E-state index is 0.0173. The van der Waals surface area contributed by atoms with Crippen molar-refractivity contribution in [3.05, 3.63) is 93.7 Å². The van der Waals surface area contributed by atoms with Crippen molar-refractivity contribution in [3.8, 4) is 17.6 Å². The molecule has 0 fully saturated rings.